The molecule has 1 N–H and O–H groups in total. The molecule has 0 bridgehead atoms. The van der Waals surface area contributed by atoms with Gasteiger partial charge in [-0.2, -0.15) is 0 Å². The normalized spacial score (nSPS) is 24.5. The molecule has 4 rings (SSSR count). The minimum Gasteiger partial charge on any atom is -0.332 e. The molecule has 1 heterocycles. The van der Waals surface area contributed by atoms with Crippen molar-refractivity contribution in [2.75, 3.05) is 12.4 Å². The highest BCUT2D eigenvalue weighted by Crippen LogP contribution is 2.50. The third-order valence-corrected chi connectivity index (χ3v) is 7.15. The van der Waals surface area contributed by atoms with Gasteiger partial charge < -0.3 is 10.2 Å². The van der Waals surface area contributed by atoms with Gasteiger partial charge in [0, 0.05) is 24.2 Å². The van der Waals surface area contributed by atoms with Crippen molar-refractivity contribution in [3.8, 4) is 0 Å². The maximum Gasteiger partial charge on any atom is 0.254 e. The van der Waals surface area contributed by atoms with Crippen molar-refractivity contribution in [1.29, 1.82) is 0 Å². The van der Waals surface area contributed by atoms with Gasteiger partial charge in [0.2, 0.25) is 5.91 Å². The molecule has 2 aromatic rings. The van der Waals surface area contributed by atoms with E-state index in [2.05, 4.69) is 17.4 Å². The van der Waals surface area contributed by atoms with Gasteiger partial charge in [0.15, 0.2) is 0 Å². The van der Waals surface area contributed by atoms with E-state index in [0.717, 1.165) is 42.5 Å². The Morgan fingerprint density at radius 1 is 1.07 bits per heavy atom. The Morgan fingerprint density at radius 3 is 2.34 bits per heavy atom. The van der Waals surface area contributed by atoms with Crippen LogP contribution >= 0.6 is 0 Å². The fourth-order valence-electron chi connectivity index (χ4n) is 5.13. The predicted octanol–water partition coefficient (Wildman–Crippen LogP) is 5.05. The molecule has 2 amide bonds. The Balaban J connectivity index is 1.46. The lowest BCUT2D eigenvalue weighted by atomic mass is 9.69. The van der Waals surface area contributed by atoms with Crippen LogP contribution in [0.25, 0.3) is 0 Å². The van der Waals surface area contributed by atoms with Crippen molar-refractivity contribution >= 4 is 17.5 Å². The highest BCUT2D eigenvalue weighted by molar-refractivity contribution is 6.00. The summed E-state index contributed by atoms with van der Waals surface area (Å²) < 4.78 is 0. The summed E-state index contributed by atoms with van der Waals surface area (Å²) in [5.74, 6) is 0.506. The van der Waals surface area contributed by atoms with Gasteiger partial charge >= 0.3 is 0 Å². The van der Waals surface area contributed by atoms with E-state index in [9.17, 15) is 9.59 Å². The summed E-state index contributed by atoms with van der Waals surface area (Å²) in [6.45, 7) is 6.10. The van der Waals surface area contributed by atoms with Gasteiger partial charge in [0.05, 0.1) is 5.54 Å². The summed E-state index contributed by atoms with van der Waals surface area (Å²) in [4.78, 5) is 27.6. The van der Waals surface area contributed by atoms with E-state index < -0.39 is 0 Å². The van der Waals surface area contributed by atoms with Crippen LogP contribution < -0.4 is 5.32 Å². The predicted molar refractivity (Wildman–Crippen MR) is 116 cm³/mol. The molecule has 2 aromatic carbocycles. The van der Waals surface area contributed by atoms with Gasteiger partial charge in [-0.1, -0.05) is 42.3 Å². The molecule has 2 aliphatic rings. The molecular formula is C25H30N2O2. The number of hydrogen-bond donors (Lipinski definition) is 1. The summed E-state index contributed by atoms with van der Waals surface area (Å²) in [6.07, 6.45) is 3.73. The first kappa shape index (κ1) is 19.7. The molecule has 1 fully saturated rings. The molecule has 0 radical (unpaired) electrons. The van der Waals surface area contributed by atoms with Crippen LogP contribution in [0.3, 0.4) is 0 Å². The quantitative estimate of drug-likeness (QED) is 0.797. The van der Waals surface area contributed by atoms with Gasteiger partial charge in [-0.3, -0.25) is 9.59 Å². The van der Waals surface area contributed by atoms with E-state index in [0.29, 0.717) is 5.92 Å². The lowest BCUT2D eigenvalue weighted by Crippen LogP contribution is -2.45. The van der Waals surface area contributed by atoms with Gasteiger partial charge in [-0.15, -0.1) is 0 Å². The van der Waals surface area contributed by atoms with E-state index in [4.69, 9.17) is 0 Å². The van der Waals surface area contributed by atoms with Crippen LogP contribution in [-0.2, 0) is 10.3 Å². The highest BCUT2D eigenvalue weighted by Gasteiger charge is 2.50. The average Bonchev–Trinajstić information content (AvgIpc) is 2.91. The molecular weight excluding hydrogens is 360 g/mol. The third kappa shape index (κ3) is 3.35. The summed E-state index contributed by atoms with van der Waals surface area (Å²) in [7, 11) is 1.94. The minimum absolute atomic E-state index is 0.0476. The molecule has 0 aromatic heterocycles. The van der Waals surface area contributed by atoms with Crippen LogP contribution in [-0.4, -0.2) is 23.8 Å². The molecule has 1 saturated carbocycles. The molecule has 1 aliphatic carbocycles. The molecule has 1 atom stereocenters. The fraction of sp³-hybridized carbons (Fsp3) is 0.440. The molecule has 1 spiro atoms. The van der Waals surface area contributed by atoms with Gasteiger partial charge in [-0.25, -0.2) is 0 Å². The molecule has 0 saturated heterocycles. The lowest BCUT2D eigenvalue weighted by Gasteiger charge is -2.43. The second kappa shape index (κ2) is 7.33. The molecule has 0 unspecified atom stereocenters. The number of anilines is 1. The maximum absolute atomic E-state index is 12.8. The summed E-state index contributed by atoms with van der Waals surface area (Å²) in [5.41, 5.74) is 4.98. The molecule has 1 aliphatic heterocycles. The zero-order valence-corrected chi connectivity index (χ0v) is 17.8. The van der Waals surface area contributed by atoms with Crippen LogP contribution in [0.1, 0.15) is 59.7 Å². The maximum atomic E-state index is 12.8. The Kier molecular flexibility index (Phi) is 4.97. The van der Waals surface area contributed by atoms with Crippen LogP contribution in [0.15, 0.2) is 42.5 Å². The number of benzene rings is 2. The van der Waals surface area contributed by atoms with Gasteiger partial charge in [0.25, 0.3) is 5.91 Å². The summed E-state index contributed by atoms with van der Waals surface area (Å²) in [6, 6.07) is 14.2. The zero-order valence-electron chi connectivity index (χ0n) is 17.8. The SMILES string of the molecule is Cc1ccc(NC(=O)[C@@H](C)C2CCC3(CC2)c2ccc(C)cc2C(=O)N3C)cc1. The number of carbonyl (C=O) groups is 2. The van der Waals surface area contributed by atoms with Gasteiger partial charge in [0.1, 0.15) is 0 Å². The Morgan fingerprint density at radius 2 is 1.69 bits per heavy atom. The van der Waals surface area contributed by atoms with Crippen molar-refractivity contribution < 1.29 is 9.59 Å². The number of rotatable bonds is 3. The summed E-state index contributed by atoms with van der Waals surface area (Å²) >= 11 is 0. The van der Waals surface area contributed by atoms with E-state index in [1.807, 2.05) is 63.1 Å². The first-order valence-corrected chi connectivity index (χ1v) is 10.6. The van der Waals surface area contributed by atoms with Crippen molar-refractivity contribution in [2.45, 2.75) is 52.0 Å². The van der Waals surface area contributed by atoms with E-state index in [-0.39, 0.29) is 23.3 Å². The second-order valence-corrected chi connectivity index (χ2v) is 8.93. The molecule has 152 valence electrons. The first-order chi connectivity index (χ1) is 13.8. The summed E-state index contributed by atoms with van der Waals surface area (Å²) in [5, 5.41) is 3.06. The third-order valence-electron chi connectivity index (χ3n) is 7.15. The highest BCUT2D eigenvalue weighted by atomic mass is 16.2. The number of hydrogen-bond acceptors (Lipinski definition) is 2. The smallest absolute Gasteiger partial charge is 0.254 e. The number of aryl methyl sites for hydroxylation is 2. The minimum atomic E-state index is -0.205. The van der Waals surface area contributed by atoms with Crippen molar-refractivity contribution in [2.24, 2.45) is 11.8 Å². The van der Waals surface area contributed by atoms with Gasteiger partial charge in [-0.05, 0) is 69.2 Å². The van der Waals surface area contributed by atoms with Crippen molar-refractivity contribution in [3.63, 3.8) is 0 Å². The molecule has 4 heteroatoms. The van der Waals surface area contributed by atoms with Crippen LogP contribution in [0.4, 0.5) is 5.69 Å². The topological polar surface area (TPSA) is 49.4 Å². The molecule has 4 nitrogen and oxygen atoms in total. The van der Waals surface area contributed by atoms with Crippen molar-refractivity contribution in [1.82, 2.24) is 4.90 Å². The Bertz CT molecular complexity index is 940. The zero-order chi connectivity index (χ0) is 20.8. The number of fused-ring (bicyclic) bond motifs is 2. The second-order valence-electron chi connectivity index (χ2n) is 8.93. The first-order valence-electron chi connectivity index (χ1n) is 10.6. The fourth-order valence-corrected chi connectivity index (χ4v) is 5.13. The van der Waals surface area contributed by atoms with E-state index in [1.165, 1.54) is 11.1 Å². The van der Waals surface area contributed by atoms with E-state index >= 15 is 0 Å². The van der Waals surface area contributed by atoms with Crippen LogP contribution in [0.5, 0.6) is 0 Å². The number of nitrogens with zero attached hydrogens (tertiary/aromatic N) is 1. The lowest BCUT2D eigenvalue weighted by molar-refractivity contribution is -0.121. The number of carbonyl (C=O) groups excluding carboxylic acids is 2. The number of nitrogens with one attached hydrogen (secondary N) is 1. The monoisotopic (exact) mass is 390 g/mol. The Hall–Kier alpha value is -2.62. The van der Waals surface area contributed by atoms with E-state index in [1.54, 1.807) is 0 Å². The largest absolute Gasteiger partial charge is 0.332 e. The van der Waals surface area contributed by atoms with Crippen molar-refractivity contribution in [3.05, 3.63) is 64.7 Å². The van der Waals surface area contributed by atoms with Crippen LogP contribution in [0, 0.1) is 25.7 Å². The Labute approximate surface area is 173 Å². The average molecular weight is 391 g/mol. The number of amides is 2. The standard InChI is InChI=1S/C25H30N2O2/c1-16-5-8-20(9-6-16)26-23(28)18(3)19-11-13-25(14-12-19)22-10-7-17(2)15-21(22)24(29)27(25)4/h5-10,15,18-19H,11-14H2,1-4H3,(H,26,28)/t18-,19?,25?/m0/s1. The molecule has 29 heavy (non-hydrogen) atoms. The van der Waals surface area contributed by atoms with Crippen LogP contribution in [0.2, 0.25) is 0 Å².